The molecule has 0 saturated carbocycles. The Bertz CT molecular complexity index is 541. The lowest BCUT2D eigenvalue weighted by molar-refractivity contribution is -0.385. The van der Waals surface area contributed by atoms with E-state index in [9.17, 15) is 23.3 Å². The molecule has 1 aromatic rings. The molecule has 1 aromatic carbocycles. The Morgan fingerprint density at radius 3 is 2.44 bits per heavy atom. The zero-order valence-corrected chi connectivity index (χ0v) is 9.16. The molecule has 0 heterocycles. The van der Waals surface area contributed by atoms with E-state index in [0.29, 0.717) is 0 Å². The number of hydrogen-bond donors (Lipinski definition) is 1. The SMILES string of the molecule is O=C(NS(=O)(=O)Cl)c1ccccc1[N+](=O)[O-]. The first-order valence-corrected chi connectivity index (χ1v) is 6.12. The number of nitrogens with zero attached hydrogens (tertiary/aromatic N) is 1. The van der Waals surface area contributed by atoms with Gasteiger partial charge in [-0.1, -0.05) is 12.1 Å². The normalized spacial score (nSPS) is 10.8. The van der Waals surface area contributed by atoms with E-state index in [4.69, 9.17) is 10.7 Å². The fourth-order valence-corrected chi connectivity index (χ4v) is 1.53. The highest BCUT2D eigenvalue weighted by molar-refractivity contribution is 8.12. The summed E-state index contributed by atoms with van der Waals surface area (Å²) in [6.07, 6.45) is 0. The van der Waals surface area contributed by atoms with Crippen LogP contribution in [0.15, 0.2) is 24.3 Å². The molecular formula is C7H5ClN2O5S. The molecule has 0 unspecified atom stereocenters. The van der Waals surface area contributed by atoms with Crippen LogP contribution in [0, 0.1) is 10.1 Å². The van der Waals surface area contributed by atoms with Crippen LogP contribution < -0.4 is 4.72 Å². The van der Waals surface area contributed by atoms with Crippen molar-refractivity contribution < 1.29 is 18.1 Å². The second kappa shape index (κ2) is 4.45. The van der Waals surface area contributed by atoms with Gasteiger partial charge < -0.3 is 0 Å². The molecule has 16 heavy (non-hydrogen) atoms. The largest absolute Gasteiger partial charge is 0.321 e. The lowest BCUT2D eigenvalue weighted by atomic mass is 10.2. The molecule has 0 aromatic heterocycles. The van der Waals surface area contributed by atoms with Gasteiger partial charge in [-0.2, -0.15) is 8.42 Å². The fraction of sp³-hybridized carbons (Fsp3) is 0. The smallest absolute Gasteiger partial charge is 0.268 e. The molecule has 1 rings (SSSR count). The lowest BCUT2D eigenvalue weighted by Gasteiger charge is -2.01. The molecule has 0 saturated heterocycles. The highest BCUT2D eigenvalue weighted by Gasteiger charge is 2.21. The maximum Gasteiger partial charge on any atom is 0.321 e. The number of nitro benzene ring substituents is 1. The van der Waals surface area contributed by atoms with Gasteiger partial charge in [0, 0.05) is 16.7 Å². The summed E-state index contributed by atoms with van der Waals surface area (Å²) < 4.78 is 22.5. The summed E-state index contributed by atoms with van der Waals surface area (Å²) in [6.45, 7) is 0. The van der Waals surface area contributed by atoms with Gasteiger partial charge in [0.05, 0.1) is 4.92 Å². The van der Waals surface area contributed by atoms with Crippen molar-refractivity contribution >= 4 is 31.5 Å². The van der Waals surface area contributed by atoms with Gasteiger partial charge in [-0.05, 0) is 6.07 Å². The van der Waals surface area contributed by atoms with Crippen molar-refractivity contribution in [3.05, 3.63) is 39.9 Å². The summed E-state index contributed by atoms with van der Waals surface area (Å²) in [5, 5.41) is 10.5. The number of benzene rings is 1. The van der Waals surface area contributed by atoms with Crippen molar-refractivity contribution in [2.24, 2.45) is 0 Å². The van der Waals surface area contributed by atoms with E-state index < -0.39 is 25.8 Å². The first-order chi connectivity index (χ1) is 7.31. The average molecular weight is 265 g/mol. The predicted octanol–water partition coefficient (Wildman–Crippen LogP) is 0.808. The second-order valence-corrected chi connectivity index (χ2v) is 4.94. The molecule has 0 bridgehead atoms. The minimum Gasteiger partial charge on any atom is -0.268 e. The zero-order chi connectivity index (χ0) is 12.3. The van der Waals surface area contributed by atoms with E-state index in [0.717, 1.165) is 12.1 Å². The van der Waals surface area contributed by atoms with Crippen molar-refractivity contribution in [1.29, 1.82) is 0 Å². The molecule has 0 atom stereocenters. The van der Waals surface area contributed by atoms with Crippen molar-refractivity contribution in [3.63, 3.8) is 0 Å². The summed E-state index contributed by atoms with van der Waals surface area (Å²) in [5.74, 6) is -1.15. The average Bonchev–Trinajstić information content (AvgIpc) is 2.15. The maximum absolute atomic E-state index is 11.3. The van der Waals surface area contributed by atoms with Crippen LogP contribution in [-0.2, 0) is 9.24 Å². The molecular weight excluding hydrogens is 260 g/mol. The minimum absolute atomic E-state index is 0.378. The summed E-state index contributed by atoms with van der Waals surface area (Å²) in [5.41, 5.74) is -0.878. The van der Waals surface area contributed by atoms with Crippen molar-refractivity contribution in [1.82, 2.24) is 4.72 Å². The number of nitrogens with one attached hydrogen (secondary N) is 1. The molecule has 1 amide bonds. The standard InChI is InChI=1S/C7H5ClN2O5S/c8-16(14,15)9-7(11)5-3-1-2-4-6(5)10(12)13/h1-4H,(H,9,11). The third-order valence-corrected chi connectivity index (χ3v) is 2.22. The number of carbonyl (C=O) groups is 1. The maximum atomic E-state index is 11.3. The van der Waals surface area contributed by atoms with Crippen LogP contribution in [0.5, 0.6) is 0 Å². The van der Waals surface area contributed by atoms with Gasteiger partial charge in [0.1, 0.15) is 5.56 Å². The highest BCUT2D eigenvalue weighted by Crippen LogP contribution is 2.17. The number of hydrogen-bond acceptors (Lipinski definition) is 5. The highest BCUT2D eigenvalue weighted by atomic mass is 35.7. The van der Waals surface area contributed by atoms with Crippen molar-refractivity contribution in [2.75, 3.05) is 0 Å². The van der Waals surface area contributed by atoms with Crippen LogP contribution in [-0.4, -0.2) is 19.2 Å². The van der Waals surface area contributed by atoms with E-state index in [1.807, 2.05) is 0 Å². The van der Waals surface area contributed by atoms with Crippen LogP contribution in [0.25, 0.3) is 0 Å². The summed E-state index contributed by atoms with van der Waals surface area (Å²) in [6, 6.07) is 4.91. The number of halogens is 1. The number of para-hydroxylation sites is 1. The summed E-state index contributed by atoms with van der Waals surface area (Å²) in [7, 11) is 0.516. The van der Waals surface area contributed by atoms with Crippen molar-refractivity contribution in [3.8, 4) is 0 Å². The Balaban J connectivity index is 3.14. The third-order valence-electron chi connectivity index (χ3n) is 1.56. The van der Waals surface area contributed by atoms with Gasteiger partial charge in [0.25, 0.3) is 11.6 Å². The van der Waals surface area contributed by atoms with E-state index in [2.05, 4.69) is 0 Å². The molecule has 86 valence electrons. The van der Waals surface area contributed by atoms with Crippen LogP contribution in [0.4, 0.5) is 5.69 Å². The Kier molecular flexibility index (Phi) is 3.45. The first-order valence-electron chi connectivity index (χ1n) is 3.81. The van der Waals surface area contributed by atoms with Crippen LogP contribution in [0.1, 0.15) is 10.4 Å². The number of carbonyl (C=O) groups excluding carboxylic acids is 1. The molecule has 0 aliphatic carbocycles. The molecule has 0 radical (unpaired) electrons. The minimum atomic E-state index is -4.26. The van der Waals surface area contributed by atoms with E-state index >= 15 is 0 Å². The molecule has 7 nitrogen and oxygen atoms in total. The Labute approximate surface area is 94.7 Å². The number of amides is 1. The topological polar surface area (TPSA) is 106 Å². The monoisotopic (exact) mass is 264 g/mol. The Morgan fingerprint density at radius 2 is 1.94 bits per heavy atom. The second-order valence-electron chi connectivity index (χ2n) is 2.64. The van der Waals surface area contributed by atoms with Gasteiger partial charge in [0.2, 0.25) is 0 Å². The van der Waals surface area contributed by atoms with Gasteiger partial charge in [0.15, 0.2) is 0 Å². The van der Waals surface area contributed by atoms with Gasteiger partial charge in [-0.3, -0.25) is 14.9 Å². The van der Waals surface area contributed by atoms with Crippen LogP contribution >= 0.6 is 10.7 Å². The predicted molar refractivity (Wildman–Crippen MR) is 55.3 cm³/mol. The third kappa shape index (κ3) is 3.17. The van der Waals surface area contributed by atoms with Gasteiger partial charge >= 0.3 is 9.24 Å². The molecule has 9 heteroatoms. The Hall–Kier alpha value is -1.67. The quantitative estimate of drug-likeness (QED) is 0.494. The van der Waals surface area contributed by atoms with Crippen LogP contribution in [0.2, 0.25) is 0 Å². The number of nitro groups is 1. The Morgan fingerprint density at radius 1 is 1.38 bits per heavy atom. The molecule has 0 aliphatic rings. The first kappa shape index (κ1) is 12.4. The van der Waals surface area contributed by atoms with Gasteiger partial charge in [-0.25, -0.2) is 4.72 Å². The molecule has 0 spiro atoms. The van der Waals surface area contributed by atoms with Crippen molar-refractivity contribution in [2.45, 2.75) is 0 Å². The summed E-state index contributed by atoms with van der Waals surface area (Å²) in [4.78, 5) is 21.0. The number of rotatable bonds is 3. The lowest BCUT2D eigenvalue weighted by Crippen LogP contribution is -2.27. The van der Waals surface area contributed by atoms with E-state index in [1.54, 1.807) is 0 Å². The summed E-state index contributed by atoms with van der Waals surface area (Å²) >= 11 is 0. The molecule has 1 N–H and O–H groups in total. The molecule has 0 aliphatic heterocycles. The van der Waals surface area contributed by atoms with E-state index in [1.165, 1.54) is 16.9 Å². The van der Waals surface area contributed by atoms with Gasteiger partial charge in [-0.15, -0.1) is 0 Å². The molecule has 0 fully saturated rings. The zero-order valence-electron chi connectivity index (χ0n) is 7.58. The fourth-order valence-electron chi connectivity index (χ4n) is 0.991. The van der Waals surface area contributed by atoms with Crippen LogP contribution in [0.3, 0.4) is 0 Å². The van der Waals surface area contributed by atoms with E-state index in [-0.39, 0.29) is 5.56 Å².